The first-order valence-electron chi connectivity index (χ1n) is 9.25. The van der Waals surface area contributed by atoms with Gasteiger partial charge in [0, 0.05) is 49.9 Å². The summed E-state index contributed by atoms with van der Waals surface area (Å²) >= 11 is 6.04. The largest absolute Gasteiger partial charge is 0.336 e. The first-order valence-corrected chi connectivity index (χ1v) is 11.1. The van der Waals surface area contributed by atoms with Crippen molar-refractivity contribution in [3.05, 3.63) is 64.7 Å². The number of nitrogens with zero attached hydrogens (tertiary/aromatic N) is 2. The van der Waals surface area contributed by atoms with E-state index in [0.717, 1.165) is 30.2 Å². The Morgan fingerprint density at radius 3 is 2.36 bits per heavy atom. The maximum atomic E-state index is 12.7. The zero-order chi connectivity index (χ0) is 20.1. The van der Waals surface area contributed by atoms with Crippen molar-refractivity contribution in [2.45, 2.75) is 18.4 Å². The Kier molecular flexibility index (Phi) is 6.72. The third-order valence-corrected chi connectivity index (χ3v) is 6.50. The molecule has 3 rings (SSSR count). The molecule has 1 aliphatic rings. The molecule has 8 heteroatoms. The summed E-state index contributed by atoms with van der Waals surface area (Å²) in [5, 5.41) is 0.728. The topological polar surface area (TPSA) is 69.7 Å². The van der Waals surface area contributed by atoms with Gasteiger partial charge in [0.15, 0.2) is 0 Å². The number of rotatable bonds is 6. The van der Waals surface area contributed by atoms with Crippen LogP contribution in [0.1, 0.15) is 22.8 Å². The minimum Gasteiger partial charge on any atom is -0.336 e. The molecular formula is C20H24ClN3O3S. The van der Waals surface area contributed by atoms with Crippen LogP contribution < -0.4 is 4.72 Å². The fourth-order valence-electron chi connectivity index (χ4n) is 3.24. The maximum Gasteiger partial charge on any atom is 0.253 e. The van der Waals surface area contributed by atoms with E-state index >= 15 is 0 Å². The predicted molar refractivity (Wildman–Crippen MR) is 110 cm³/mol. The molecule has 28 heavy (non-hydrogen) atoms. The van der Waals surface area contributed by atoms with Crippen LogP contribution in [-0.2, 0) is 16.6 Å². The average molecular weight is 422 g/mol. The minimum absolute atomic E-state index is 0.0743. The predicted octanol–water partition coefficient (Wildman–Crippen LogP) is 2.60. The minimum atomic E-state index is -3.51. The SMILES string of the molecule is CCNS(=O)(=O)c1ccc(C(=O)N2CCN(Cc3cccc(Cl)c3)CC2)cc1. The van der Waals surface area contributed by atoms with Crippen molar-refractivity contribution in [2.24, 2.45) is 0 Å². The van der Waals surface area contributed by atoms with Gasteiger partial charge in [0.25, 0.3) is 5.91 Å². The van der Waals surface area contributed by atoms with E-state index in [0.29, 0.717) is 25.2 Å². The summed E-state index contributed by atoms with van der Waals surface area (Å²) in [6.45, 7) is 5.69. The van der Waals surface area contributed by atoms with Crippen molar-refractivity contribution in [1.29, 1.82) is 0 Å². The lowest BCUT2D eigenvalue weighted by Crippen LogP contribution is -2.48. The molecule has 2 aromatic rings. The highest BCUT2D eigenvalue weighted by Gasteiger charge is 2.23. The smallest absolute Gasteiger partial charge is 0.253 e. The van der Waals surface area contributed by atoms with Gasteiger partial charge in [0.1, 0.15) is 0 Å². The molecular weight excluding hydrogens is 398 g/mol. The summed E-state index contributed by atoms with van der Waals surface area (Å²) < 4.78 is 26.4. The highest BCUT2D eigenvalue weighted by atomic mass is 35.5. The fraction of sp³-hybridized carbons (Fsp3) is 0.350. The molecule has 6 nitrogen and oxygen atoms in total. The molecule has 0 aromatic heterocycles. The molecule has 1 amide bonds. The van der Waals surface area contributed by atoms with Gasteiger partial charge in [-0.05, 0) is 42.0 Å². The third-order valence-electron chi connectivity index (χ3n) is 4.70. The normalized spacial score (nSPS) is 15.6. The van der Waals surface area contributed by atoms with E-state index in [1.165, 1.54) is 12.1 Å². The fourth-order valence-corrected chi connectivity index (χ4v) is 4.49. The number of sulfonamides is 1. The highest BCUT2D eigenvalue weighted by molar-refractivity contribution is 7.89. The number of hydrogen-bond acceptors (Lipinski definition) is 4. The molecule has 150 valence electrons. The number of amides is 1. The van der Waals surface area contributed by atoms with Crippen LogP contribution in [-0.4, -0.2) is 56.8 Å². The second-order valence-corrected chi connectivity index (χ2v) is 8.93. The van der Waals surface area contributed by atoms with E-state index in [-0.39, 0.29) is 10.8 Å². The van der Waals surface area contributed by atoms with E-state index in [4.69, 9.17) is 11.6 Å². The van der Waals surface area contributed by atoms with Gasteiger partial charge in [0.2, 0.25) is 10.0 Å². The molecule has 1 saturated heterocycles. The van der Waals surface area contributed by atoms with Gasteiger partial charge in [-0.15, -0.1) is 0 Å². The van der Waals surface area contributed by atoms with Crippen molar-refractivity contribution in [3.8, 4) is 0 Å². The summed E-state index contributed by atoms with van der Waals surface area (Å²) in [5.41, 5.74) is 1.66. The van der Waals surface area contributed by atoms with E-state index in [2.05, 4.69) is 9.62 Å². The van der Waals surface area contributed by atoms with Crippen LogP contribution >= 0.6 is 11.6 Å². The zero-order valence-electron chi connectivity index (χ0n) is 15.8. The van der Waals surface area contributed by atoms with Gasteiger partial charge in [-0.2, -0.15) is 0 Å². The monoisotopic (exact) mass is 421 g/mol. The molecule has 1 aliphatic heterocycles. The lowest BCUT2D eigenvalue weighted by molar-refractivity contribution is 0.0628. The molecule has 0 spiro atoms. The summed E-state index contributed by atoms with van der Waals surface area (Å²) in [7, 11) is -3.51. The molecule has 0 atom stereocenters. The number of carbonyl (C=O) groups excluding carboxylic acids is 1. The quantitative estimate of drug-likeness (QED) is 0.778. The number of nitrogens with one attached hydrogen (secondary N) is 1. The van der Waals surface area contributed by atoms with Crippen LogP contribution in [0.4, 0.5) is 0 Å². The van der Waals surface area contributed by atoms with Gasteiger partial charge >= 0.3 is 0 Å². The van der Waals surface area contributed by atoms with Crippen molar-refractivity contribution < 1.29 is 13.2 Å². The van der Waals surface area contributed by atoms with E-state index in [1.54, 1.807) is 19.1 Å². The maximum absolute atomic E-state index is 12.7. The Bertz CT molecular complexity index is 924. The number of piperazine rings is 1. The molecule has 0 saturated carbocycles. The second kappa shape index (κ2) is 9.05. The standard InChI is InChI=1S/C20H24ClN3O3S/c1-2-22-28(26,27)19-8-6-17(7-9-19)20(25)24-12-10-23(11-13-24)15-16-4-3-5-18(21)14-16/h3-9,14,22H,2,10-13,15H2,1H3. The van der Waals surface area contributed by atoms with E-state index in [1.807, 2.05) is 29.2 Å². The second-order valence-electron chi connectivity index (χ2n) is 6.72. The third kappa shape index (κ3) is 5.11. The highest BCUT2D eigenvalue weighted by Crippen LogP contribution is 2.16. The van der Waals surface area contributed by atoms with Crippen LogP contribution in [0.25, 0.3) is 0 Å². The summed E-state index contributed by atoms with van der Waals surface area (Å²) in [5.74, 6) is -0.0743. The van der Waals surface area contributed by atoms with Crippen LogP contribution in [0, 0.1) is 0 Å². The Morgan fingerprint density at radius 2 is 1.75 bits per heavy atom. The Morgan fingerprint density at radius 1 is 1.07 bits per heavy atom. The average Bonchev–Trinajstić information content (AvgIpc) is 2.68. The Hall–Kier alpha value is -1.93. The molecule has 2 aromatic carbocycles. The molecule has 0 aliphatic carbocycles. The van der Waals surface area contributed by atoms with Gasteiger partial charge in [0.05, 0.1) is 4.90 Å². The Balaban J connectivity index is 1.57. The molecule has 0 radical (unpaired) electrons. The number of carbonyl (C=O) groups is 1. The summed E-state index contributed by atoms with van der Waals surface area (Å²) in [6.07, 6.45) is 0. The first-order chi connectivity index (χ1) is 13.4. The van der Waals surface area contributed by atoms with Crippen LogP contribution in [0.5, 0.6) is 0 Å². The van der Waals surface area contributed by atoms with Crippen molar-refractivity contribution in [3.63, 3.8) is 0 Å². The Labute approximate surface area is 171 Å². The molecule has 1 fully saturated rings. The number of halogens is 1. The molecule has 0 bridgehead atoms. The summed E-state index contributed by atoms with van der Waals surface area (Å²) in [4.78, 5) is 17.0. The van der Waals surface area contributed by atoms with Gasteiger partial charge in [-0.25, -0.2) is 13.1 Å². The zero-order valence-corrected chi connectivity index (χ0v) is 17.3. The molecule has 1 N–H and O–H groups in total. The number of hydrogen-bond donors (Lipinski definition) is 1. The van der Waals surface area contributed by atoms with Gasteiger partial charge in [-0.3, -0.25) is 9.69 Å². The molecule has 1 heterocycles. The van der Waals surface area contributed by atoms with Crippen LogP contribution in [0.2, 0.25) is 5.02 Å². The van der Waals surface area contributed by atoms with E-state index < -0.39 is 10.0 Å². The van der Waals surface area contributed by atoms with Crippen molar-refractivity contribution >= 4 is 27.5 Å². The van der Waals surface area contributed by atoms with Crippen molar-refractivity contribution in [1.82, 2.24) is 14.5 Å². The van der Waals surface area contributed by atoms with E-state index in [9.17, 15) is 13.2 Å². The first kappa shape index (κ1) is 20.8. The van der Waals surface area contributed by atoms with Gasteiger partial charge in [-0.1, -0.05) is 30.7 Å². The lowest BCUT2D eigenvalue weighted by atomic mass is 10.1. The van der Waals surface area contributed by atoms with Crippen LogP contribution in [0.15, 0.2) is 53.4 Å². The molecule has 0 unspecified atom stereocenters. The lowest BCUT2D eigenvalue weighted by Gasteiger charge is -2.34. The van der Waals surface area contributed by atoms with Gasteiger partial charge < -0.3 is 4.90 Å². The van der Waals surface area contributed by atoms with Crippen LogP contribution in [0.3, 0.4) is 0 Å². The summed E-state index contributed by atoms with van der Waals surface area (Å²) in [6, 6.07) is 13.9. The number of benzene rings is 2. The van der Waals surface area contributed by atoms with Crippen molar-refractivity contribution in [2.75, 3.05) is 32.7 Å².